The molecule has 0 unspecified atom stereocenters. The molecular formula is C8H9BrN6O. The summed E-state index contributed by atoms with van der Waals surface area (Å²) >= 11 is 3.30. The highest BCUT2D eigenvalue weighted by Gasteiger charge is 2.05. The van der Waals surface area contributed by atoms with E-state index in [1.165, 1.54) is 12.7 Å². The van der Waals surface area contributed by atoms with Gasteiger partial charge in [-0.05, 0) is 15.9 Å². The molecule has 0 radical (unpaired) electrons. The van der Waals surface area contributed by atoms with Crippen molar-refractivity contribution in [2.24, 2.45) is 0 Å². The number of aromatic nitrogens is 4. The topological polar surface area (TPSA) is 103 Å². The van der Waals surface area contributed by atoms with Crippen LogP contribution >= 0.6 is 15.9 Å². The first kappa shape index (κ1) is 10.8. The quantitative estimate of drug-likeness (QED) is 0.858. The molecule has 2 heterocycles. The summed E-state index contributed by atoms with van der Waals surface area (Å²) in [6.07, 6.45) is 3.39. The number of anilines is 2. The van der Waals surface area contributed by atoms with Crippen LogP contribution in [0, 0.1) is 0 Å². The van der Waals surface area contributed by atoms with Crippen LogP contribution in [0.4, 0.5) is 11.6 Å². The third kappa shape index (κ3) is 2.45. The number of hydrogen-bond acceptors (Lipinski definition) is 7. The Morgan fingerprint density at radius 2 is 2.19 bits per heavy atom. The van der Waals surface area contributed by atoms with Gasteiger partial charge in [-0.25, -0.2) is 9.97 Å². The second-order valence-electron chi connectivity index (χ2n) is 2.93. The van der Waals surface area contributed by atoms with E-state index in [2.05, 4.69) is 41.4 Å². The zero-order valence-corrected chi connectivity index (χ0v) is 9.81. The average molecular weight is 285 g/mol. The van der Waals surface area contributed by atoms with Crippen LogP contribution in [-0.4, -0.2) is 26.7 Å². The molecule has 8 heteroatoms. The number of nitrogens with zero attached hydrogens (tertiary/aromatic N) is 4. The Kier molecular flexibility index (Phi) is 3.30. The minimum absolute atomic E-state index is 0.398. The summed E-state index contributed by atoms with van der Waals surface area (Å²) in [5.41, 5.74) is 5.61. The van der Waals surface area contributed by atoms with Gasteiger partial charge in [-0.15, -0.1) is 0 Å². The number of rotatable bonds is 4. The van der Waals surface area contributed by atoms with Crippen LogP contribution in [0.1, 0.15) is 5.89 Å². The maximum atomic E-state index is 5.61. The van der Waals surface area contributed by atoms with Crippen LogP contribution in [0.25, 0.3) is 0 Å². The van der Waals surface area contributed by atoms with Crippen LogP contribution < -0.4 is 11.1 Å². The van der Waals surface area contributed by atoms with Crippen LogP contribution in [0.5, 0.6) is 0 Å². The molecule has 0 fully saturated rings. The molecule has 84 valence electrons. The van der Waals surface area contributed by atoms with Gasteiger partial charge in [-0.3, -0.25) is 0 Å². The monoisotopic (exact) mass is 284 g/mol. The molecule has 2 aromatic heterocycles. The van der Waals surface area contributed by atoms with E-state index in [4.69, 9.17) is 10.3 Å². The highest BCUT2D eigenvalue weighted by molar-refractivity contribution is 9.10. The van der Waals surface area contributed by atoms with Crippen molar-refractivity contribution in [2.45, 2.75) is 6.42 Å². The lowest BCUT2D eigenvalue weighted by Gasteiger charge is -2.06. The SMILES string of the molecule is Nc1ncnc(NCCc2ncno2)c1Br. The van der Waals surface area contributed by atoms with E-state index in [9.17, 15) is 0 Å². The van der Waals surface area contributed by atoms with Crippen molar-refractivity contribution in [1.82, 2.24) is 20.1 Å². The van der Waals surface area contributed by atoms with Gasteiger partial charge in [0, 0.05) is 13.0 Å². The van der Waals surface area contributed by atoms with Gasteiger partial charge in [0.15, 0.2) is 6.33 Å². The van der Waals surface area contributed by atoms with Gasteiger partial charge in [-0.2, -0.15) is 4.98 Å². The Bertz CT molecular complexity index is 460. The van der Waals surface area contributed by atoms with Crippen molar-refractivity contribution in [2.75, 3.05) is 17.6 Å². The fourth-order valence-corrected chi connectivity index (χ4v) is 1.45. The smallest absolute Gasteiger partial charge is 0.228 e. The summed E-state index contributed by atoms with van der Waals surface area (Å²) in [6, 6.07) is 0. The zero-order valence-electron chi connectivity index (χ0n) is 8.22. The molecule has 0 aromatic carbocycles. The standard InChI is InChI=1S/C8H9BrN6O/c9-6-7(10)13-3-14-8(6)11-2-1-5-12-4-15-16-5/h3-4H,1-2H2,(H3,10,11,13,14). The molecule has 7 nitrogen and oxygen atoms in total. The Balaban J connectivity index is 1.92. The molecule has 0 aliphatic heterocycles. The predicted octanol–water partition coefficient (Wildman–Crippen LogP) is 0.859. The fourth-order valence-electron chi connectivity index (χ4n) is 1.10. The lowest BCUT2D eigenvalue weighted by molar-refractivity contribution is 0.379. The van der Waals surface area contributed by atoms with E-state index in [1.807, 2.05) is 0 Å². The molecule has 2 aromatic rings. The molecule has 0 saturated heterocycles. The zero-order chi connectivity index (χ0) is 11.4. The van der Waals surface area contributed by atoms with Crippen LogP contribution in [0.3, 0.4) is 0 Å². The second-order valence-corrected chi connectivity index (χ2v) is 3.73. The number of nitrogens with one attached hydrogen (secondary N) is 1. The molecular weight excluding hydrogens is 276 g/mol. The van der Waals surface area contributed by atoms with Crippen LogP contribution in [0.15, 0.2) is 21.7 Å². The minimum atomic E-state index is 0.398. The third-order valence-electron chi connectivity index (χ3n) is 1.85. The van der Waals surface area contributed by atoms with Gasteiger partial charge in [0.1, 0.15) is 22.4 Å². The van der Waals surface area contributed by atoms with Gasteiger partial charge in [0.05, 0.1) is 0 Å². The van der Waals surface area contributed by atoms with Gasteiger partial charge in [0.2, 0.25) is 5.89 Å². The molecule has 2 rings (SSSR count). The van der Waals surface area contributed by atoms with E-state index in [1.54, 1.807) is 0 Å². The second kappa shape index (κ2) is 4.88. The minimum Gasteiger partial charge on any atom is -0.383 e. The van der Waals surface area contributed by atoms with Crippen LogP contribution in [0.2, 0.25) is 0 Å². The van der Waals surface area contributed by atoms with E-state index < -0.39 is 0 Å². The molecule has 0 amide bonds. The van der Waals surface area contributed by atoms with Crippen molar-refractivity contribution >= 4 is 27.6 Å². The van der Waals surface area contributed by atoms with Gasteiger partial charge in [0.25, 0.3) is 0 Å². The normalized spacial score (nSPS) is 10.3. The van der Waals surface area contributed by atoms with E-state index >= 15 is 0 Å². The largest absolute Gasteiger partial charge is 0.383 e. The maximum absolute atomic E-state index is 5.61. The summed E-state index contributed by atoms with van der Waals surface area (Å²) in [7, 11) is 0. The van der Waals surface area contributed by atoms with Crippen molar-refractivity contribution in [3.8, 4) is 0 Å². The molecule has 0 aliphatic rings. The number of nitrogens with two attached hydrogens (primary N) is 1. The highest BCUT2D eigenvalue weighted by Crippen LogP contribution is 2.23. The Morgan fingerprint density at radius 1 is 1.31 bits per heavy atom. The Labute approximate surface area is 99.6 Å². The van der Waals surface area contributed by atoms with E-state index in [0.717, 1.165) is 0 Å². The van der Waals surface area contributed by atoms with Gasteiger partial charge < -0.3 is 15.6 Å². The Hall–Kier alpha value is -1.70. The number of halogens is 1. The number of hydrogen-bond donors (Lipinski definition) is 2. The first-order valence-electron chi connectivity index (χ1n) is 4.53. The Morgan fingerprint density at radius 3 is 2.94 bits per heavy atom. The molecule has 3 N–H and O–H groups in total. The first-order chi connectivity index (χ1) is 7.77. The van der Waals surface area contributed by atoms with Gasteiger partial charge >= 0.3 is 0 Å². The van der Waals surface area contributed by atoms with Crippen molar-refractivity contribution in [3.05, 3.63) is 23.0 Å². The fraction of sp³-hybridized carbons (Fsp3) is 0.250. The molecule has 16 heavy (non-hydrogen) atoms. The predicted molar refractivity (Wildman–Crippen MR) is 60.6 cm³/mol. The highest BCUT2D eigenvalue weighted by atomic mass is 79.9. The maximum Gasteiger partial charge on any atom is 0.228 e. The molecule has 0 saturated carbocycles. The summed E-state index contributed by atoms with van der Waals surface area (Å²) in [5.74, 6) is 1.62. The van der Waals surface area contributed by atoms with Crippen molar-refractivity contribution in [3.63, 3.8) is 0 Å². The lowest BCUT2D eigenvalue weighted by atomic mass is 10.4. The summed E-state index contributed by atoms with van der Waals surface area (Å²) in [5, 5.41) is 6.60. The molecule has 0 aliphatic carbocycles. The molecule has 0 spiro atoms. The third-order valence-corrected chi connectivity index (χ3v) is 2.64. The average Bonchev–Trinajstić information content (AvgIpc) is 2.77. The number of nitrogen functional groups attached to an aromatic ring is 1. The lowest BCUT2D eigenvalue weighted by Crippen LogP contribution is -2.08. The first-order valence-corrected chi connectivity index (χ1v) is 5.32. The van der Waals surface area contributed by atoms with E-state index in [-0.39, 0.29) is 0 Å². The van der Waals surface area contributed by atoms with Crippen LogP contribution in [-0.2, 0) is 6.42 Å². The summed E-state index contributed by atoms with van der Waals surface area (Å²) in [4.78, 5) is 11.8. The molecule has 0 atom stereocenters. The summed E-state index contributed by atoms with van der Waals surface area (Å²) in [6.45, 7) is 0.622. The van der Waals surface area contributed by atoms with E-state index in [0.29, 0.717) is 35.0 Å². The van der Waals surface area contributed by atoms with Crippen molar-refractivity contribution in [1.29, 1.82) is 0 Å². The summed E-state index contributed by atoms with van der Waals surface area (Å²) < 4.78 is 5.51. The van der Waals surface area contributed by atoms with Crippen molar-refractivity contribution < 1.29 is 4.52 Å². The molecule has 0 bridgehead atoms. The van der Waals surface area contributed by atoms with Gasteiger partial charge in [-0.1, -0.05) is 5.16 Å².